The molecule has 0 saturated carbocycles. The van der Waals surface area contributed by atoms with Crippen LogP contribution in [-0.4, -0.2) is 91.3 Å². The smallest absolute Gasteiger partial charge is 0.410 e. The molecule has 4 rings (SSSR count). The quantitative estimate of drug-likeness (QED) is 0.688. The molecule has 3 aliphatic rings. The average Bonchev–Trinajstić information content (AvgIpc) is 3.21. The van der Waals surface area contributed by atoms with Crippen LogP contribution in [0.4, 0.5) is 10.6 Å². The molecule has 1 aromatic heterocycles. The first kappa shape index (κ1) is 18.2. The summed E-state index contributed by atoms with van der Waals surface area (Å²) >= 11 is 0. The number of rotatable bonds is 6. The molecule has 0 N–H and O–H groups in total. The third-order valence-corrected chi connectivity index (χ3v) is 5.58. The number of hydrogen-bond acceptors (Lipinski definition) is 7. The summed E-state index contributed by atoms with van der Waals surface area (Å²) in [4.78, 5) is 34.4. The van der Waals surface area contributed by atoms with Gasteiger partial charge in [-0.1, -0.05) is 0 Å². The Labute approximate surface area is 159 Å². The molecule has 0 aromatic carbocycles. The van der Waals surface area contributed by atoms with Crippen LogP contribution >= 0.6 is 0 Å². The van der Waals surface area contributed by atoms with Crippen molar-refractivity contribution in [1.82, 2.24) is 14.8 Å². The molecule has 1 aromatic rings. The van der Waals surface area contributed by atoms with Crippen LogP contribution < -0.4 is 4.90 Å². The molecule has 0 unspecified atom stereocenters. The highest BCUT2D eigenvalue weighted by molar-refractivity contribution is 5.93. The SMILES string of the molecule is CC(=O)c1ccc(N2C[C@@H]3OC(=O)N(CCCN4CCOCC4)[C@@H]3C2)nc1. The predicted octanol–water partition coefficient (Wildman–Crippen LogP) is 1.02. The average molecular weight is 374 g/mol. The lowest BCUT2D eigenvalue weighted by molar-refractivity contribution is 0.0363. The largest absolute Gasteiger partial charge is 0.442 e. The molecule has 0 aliphatic carbocycles. The van der Waals surface area contributed by atoms with Crippen molar-refractivity contribution in [3.05, 3.63) is 23.9 Å². The minimum atomic E-state index is -0.202. The van der Waals surface area contributed by atoms with Crippen molar-refractivity contribution in [2.75, 3.05) is 57.4 Å². The van der Waals surface area contributed by atoms with Gasteiger partial charge in [0.25, 0.3) is 0 Å². The Hall–Kier alpha value is -2.19. The van der Waals surface area contributed by atoms with Gasteiger partial charge in [-0.2, -0.15) is 0 Å². The number of morpholine rings is 1. The fraction of sp³-hybridized carbons (Fsp3) is 0.632. The van der Waals surface area contributed by atoms with Crippen LogP contribution in [0.5, 0.6) is 0 Å². The number of amides is 1. The molecule has 27 heavy (non-hydrogen) atoms. The fourth-order valence-corrected chi connectivity index (χ4v) is 4.02. The van der Waals surface area contributed by atoms with Crippen LogP contribution in [0.2, 0.25) is 0 Å². The minimum Gasteiger partial charge on any atom is -0.442 e. The van der Waals surface area contributed by atoms with E-state index in [0.29, 0.717) is 25.2 Å². The van der Waals surface area contributed by atoms with Crippen molar-refractivity contribution < 1.29 is 19.1 Å². The Balaban J connectivity index is 1.33. The van der Waals surface area contributed by atoms with Gasteiger partial charge < -0.3 is 14.4 Å². The summed E-state index contributed by atoms with van der Waals surface area (Å²) in [5, 5.41) is 0. The van der Waals surface area contributed by atoms with E-state index in [-0.39, 0.29) is 24.0 Å². The lowest BCUT2D eigenvalue weighted by Crippen LogP contribution is -2.41. The van der Waals surface area contributed by atoms with Gasteiger partial charge in [-0.3, -0.25) is 14.6 Å². The standard InChI is InChI=1S/C19H26N4O4/c1-14(24)15-3-4-18(20-11-15)22-12-16-17(13-22)27-19(25)23(16)6-2-5-21-7-9-26-10-8-21/h3-4,11,16-17H,2,5-10,12-13H2,1H3/t16-,17+/m1/s1. The van der Waals surface area contributed by atoms with Gasteiger partial charge in [0.05, 0.1) is 25.8 Å². The molecule has 8 heteroatoms. The maximum absolute atomic E-state index is 12.2. The summed E-state index contributed by atoms with van der Waals surface area (Å²) in [5.41, 5.74) is 0.606. The first-order valence-electron chi connectivity index (χ1n) is 9.61. The molecule has 4 heterocycles. The fourth-order valence-electron chi connectivity index (χ4n) is 4.02. The zero-order chi connectivity index (χ0) is 18.8. The molecular formula is C19H26N4O4. The first-order chi connectivity index (χ1) is 13.1. The molecule has 1 amide bonds. The van der Waals surface area contributed by atoms with Gasteiger partial charge in [0.15, 0.2) is 5.78 Å². The number of Topliss-reactive ketones (excluding diaryl/α,β-unsaturated/α-hetero) is 1. The van der Waals surface area contributed by atoms with Gasteiger partial charge in [0.1, 0.15) is 11.9 Å². The minimum absolute atomic E-state index is 0.00714. The monoisotopic (exact) mass is 374 g/mol. The van der Waals surface area contributed by atoms with Gasteiger partial charge in [-0.05, 0) is 25.5 Å². The van der Waals surface area contributed by atoms with Crippen LogP contribution in [-0.2, 0) is 9.47 Å². The van der Waals surface area contributed by atoms with Gasteiger partial charge in [0, 0.05) is 44.5 Å². The number of ether oxygens (including phenoxy) is 2. The number of aromatic nitrogens is 1. The van der Waals surface area contributed by atoms with E-state index in [2.05, 4.69) is 14.8 Å². The van der Waals surface area contributed by atoms with Crippen molar-refractivity contribution in [2.45, 2.75) is 25.5 Å². The number of pyridine rings is 1. The Morgan fingerprint density at radius 1 is 1.22 bits per heavy atom. The van der Waals surface area contributed by atoms with Crippen molar-refractivity contribution in [1.29, 1.82) is 0 Å². The molecule has 0 spiro atoms. The summed E-state index contributed by atoms with van der Waals surface area (Å²) in [5.74, 6) is 0.825. The number of ketones is 1. The summed E-state index contributed by atoms with van der Waals surface area (Å²) in [7, 11) is 0. The third kappa shape index (κ3) is 3.91. The highest BCUT2D eigenvalue weighted by Crippen LogP contribution is 2.29. The van der Waals surface area contributed by atoms with Crippen molar-refractivity contribution in [3.63, 3.8) is 0 Å². The molecule has 0 radical (unpaired) electrons. The molecule has 8 nitrogen and oxygen atoms in total. The third-order valence-electron chi connectivity index (χ3n) is 5.58. The molecule has 3 saturated heterocycles. The van der Waals surface area contributed by atoms with Crippen molar-refractivity contribution >= 4 is 17.7 Å². The number of hydrogen-bond donors (Lipinski definition) is 0. The second-order valence-corrected chi connectivity index (χ2v) is 7.36. The summed E-state index contributed by atoms with van der Waals surface area (Å²) in [6.07, 6.45) is 2.23. The number of nitrogens with zero attached hydrogens (tertiary/aromatic N) is 4. The molecule has 2 atom stereocenters. The lowest BCUT2D eigenvalue weighted by atomic mass is 10.2. The summed E-state index contributed by atoms with van der Waals surface area (Å²) in [6, 6.07) is 3.73. The Bertz CT molecular complexity index is 689. The molecule has 0 bridgehead atoms. The molecular weight excluding hydrogens is 348 g/mol. The molecule has 3 fully saturated rings. The number of anilines is 1. The van der Waals surface area contributed by atoms with Crippen LogP contribution in [0.15, 0.2) is 18.3 Å². The summed E-state index contributed by atoms with van der Waals surface area (Å²) in [6.45, 7) is 8.08. The lowest BCUT2D eigenvalue weighted by Gasteiger charge is -2.28. The van der Waals surface area contributed by atoms with Gasteiger partial charge in [-0.25, -0.2) is 9.78 Å². The predicted molar refractivity (Wildman–Crippen MR) is 99.1 cm³/mol. The normalized spacial score (nSPS) is 25.6. The van der Waals surface area contributed by atoms with E-state index in [9.17, 15) is 9.59 Å². The number of carbonyl (C=O) groups excluding carboxylic acids is 2. The first-order valence-corrected chi connectivity index (χ1v) is 9.61. The topological polar surface area (TPSA) is 75.2 Å². The van der Waals surface area contributed by atoms with E-state index in [1.165, 1.54) is 6.92 Å². The van der Waals surface area contributed by atoms with E-state index >= 15 is 0 Å². The highest BCUT2D eigenvalue weighted by Gasteiger charge is 2.47. The van der Waals surface area contributed by atoms with Crippen molar-refractivity contribution in [2.24, 2.45) is 0 Å². The van der Waals surface area contributed by atoms with Gasteiger partial charge >= 0.3 is 6.09 Å². The summed E-state index contributed by atoms with van der Waals surface area (Å²) < 4.78 is 11.0. The second kappa shape index (κ2) is 7.82. The van der Waals surface area contributed by atoms with Gasteiger partial charge in [0.2, 0.25) is 0 Å². The van der Waals surface area contributed by atoms with Gasteiger partial charge in [-0.15, -0.1) is 0 Å². The second-order valence-electron chi connectivity index (χ2n) is 7.36. The highest BCUT2D eigenvalue weighted by atomic mass is 16.6. The Morgan fingerprint density at radius 2 is 2.04 bits per heavy atom. The zero-order valence-corrected chi connectivity index (χ0v) is 15.7. The van der Waals surface area contributed by atoms with E-state index < -0.39 is 0 Å². The van der Waals surface area contributed by atoms with E-state index in [1.54, 1.807) is 12.3 Å². The maximum atomic E-state index is 12.2. The van der Waals surface area contributed by atoms with E-state index in [0.717, 1.165) is 45.1 Å². The Kier molecular flexibility index (Phi) is 5.27. The van der Waals surface area contributed by atoms with Crippen molar-refractivity contribution in [3.8, 4) is 0 Å². The van der Waals surface area contributed by atoms with Crippen LogP contribution in [0.3, 0.4) is 0 Å². The molecule has 3 aliphatic heterocycles. The molecule has 146 valence electrons. The van der Waals surface area contributed by atoms with Crippen LogP contribution in [0.25, 0.3) is 0 Å². The van der Waals surface area contributed by atoms with Crippen LogP contribution in [0.1, 0.15) is 23.7 Å². The zero-order valence-electron chi connectivity index (χ0n) is 15.7. The van der Waals surface area contributed by atoms with Crippen LogP contribution in [0, 0.1) is 0 Å². The van der Waals surface area contributed by atoms with E-state index in [1.807, 2.05) is 11.0 Å². The maximum Gasteiger partial charge on any atom is 0.410 e. The Morgan fingerprint density at radius 3 is 2.74 bits per heavy atom. The number of carbonyl (C=O) groups is 2. The number of fused-ring (bicyclic) bond motifs is 1. The van der Waals surface area contributed by atoms with E-state index in [4.69, 9.17) is 9.47 Å².